The molecular formula is C13H16ClN3. The van der Waals surface area contributed by atoms with Gasteiger partial charge in [-0.25, -0.2) is 0 Å². The zero-order chi connectivity index (χ0) is 12.3. The molecule has 1 aromatic carbocycles. The van der Waals surface area contributed by atoms with E-state index >= 15 is 0 Å². The largest absolute Gasteiger partial charge is 0.368 e. The molecule has 0 aliphatic rings. The molecule has 90 valence electrons. The van der Waals surface area contributed by atoms with Crippen molar-refractivity contribution < 1.29 is 0 Å². The number of anilines is 2. The van der Waals surface area contributed by atoms with Crippen molar-refractivity contribution in [3.63, 3.8) is 0 Å². The summed E-state index contributed by atoms with van der Waals surface area (Å²) < 4.78 is 0. The molecule has 4 heteroatoms. The molecule has 0 radical (unpaired) electrons. The number of halogens is 1. The third-order valence-corrected chi connectivity index (χ3v) is 2.76. The quantitative estimate of drug-likeness (QED) is 0.871. The van der Waals surface area contributed by atoms with Gasteiger partial charge in [0, 0.05) is 25.7 Å². The van der Waals surface area contributed by atoms with Gasteiger partial charge in [0.15, 0.2) is 0 Å². The number of nitrogens with zero attached hydrogens (tertiary/aromatic N) is 1. The Morgan fingerprint density at radius 1 is 1.24 bits per heavy atom. The number of aromatic nitrogens is 1. The summed E-state index contributed by atoms with van der Waals surface area (Å²) in [5.74, 6) is 2.09. The van der Waals surface area contributed by atoms with Crippen LogP contribution in [0.1, 0.15) is 5.56 Å². The molecule has 3 nitrogen and oxygen atoms in total. The molecule has 2 N–H and O–H groups in total. The van der Waals surface area contributed by atoms with Gasteiger partial charge in [0.25, 0.3) is 0 Å². The molecule has 2 rings (SSSR count). The summed E-state index contributed by atoms with van der Waals surface area (Å²) in [7, 11) is 4.01. The molecule has 1 heterocycles. The fraction of sp³-hybridized carbons (Fsp3) is 0.231. The number of aromatic amines is 1. The molecule has 0 spiro atoms. The summed E-state index contributed by atoms with van der Waals surface area (Å²) >= 11 is 5.93. The Labute approximate surface area is 106 Å². The van der Waals surface area contributed by atoms with Gasteiger partial charge in [-0.2, -0.15) is 0 Å². The van der Waals surface area contributed by atoms with Gasteiger partial charge in [0.1, 0.15) is 11.6 Å². The normalized spacial score (nSPS) is 10.3. The fourth-order valence-electron chi connectivity index (χ4n) is 1.59. The summed E-state index contributed by atoms with van der Waals surface area (Å²) in [5.41, 5.74) is 1.17. The van der Waals surface area contributed by atoms with Crippen molar-refractivity contribution >= 4 is 23.2 Å². The second kappa shape index (κ2) is 5.15. The highest BCUT2D eigenvalue weighted by atomic mass is 35.5. The maximum Gasteiger partial charge on any atom is 0.106 e. The van der Waals surface area contributed by atoms with Crippen LogP contribution >= 0.6 is 11.6 Å². The summed E-state index contributed by atoms with van der Waals surface area (Å²) in [6.07, 6.45) is 0. The Kier molecular flexibility index (Phi) is 3.59. The maximum atomic E-state index is 5.93. The summed E-state index contributed by atoms with van der Waals surface area (Å²) in [4.78, 5) is 5.31. The minimum absolute atomic E-state index is 0.758. The molecule has 1 aromatic heterocycles. The van der Waals surface area contributed by atoms with E-state index in [0.29, 0.717) is 0 Å². The van der Waals surface area contributed by atoms with Crippen LogP contribution in [0.15, 0.2) is 36.4 Å². The highest BCUT2D eigenvalue weighted by Gasteiger charge is 2.00. The number of H-pyrrole nitrogens is 1. The monoisotopic (exact) mass is 249 g/mol. The molecule has 0 bridgehead atoms. The minimum Gasteiger partial charge on any atom is -0.368 e. The van der Waals surface area contributed by atoms with Crippen molar-refractivity contribution in [2.75, 3.05) is 24.3 Å². The number of rotatable bonds is 4. The van der Waals surface area contributed by atoms with Crippen LogP contribution < -0.4 is 10.2 Å². The Hall–Kier alpha value is -1.61. The van der Waals surface area contributed by atoms with Gasteiger partial charge in [-0.3, -0.25) is 0 Å². The smallest absolute Gasteiger partial charge is 0.106 e. The lowest BCUT2D eigenvalue weighted by Crippen LogP contribution is -2.09. The number of hydrogen-bond donors (Lipinski definition) is 2. The second-order valence-corrected chi connectivity index (χ2v) is 4.57. The van der Waals surface area contributed by atoms with Gasteiger partial charge in [-0.1, -0.05) is 23.7 Å². The topological polar surface area (TPSA) is 31.1 Å². The van der Waals surface area contributed by atoms with E-state index in [0.717, 1.165) is 23.2 Å². The molecule has 2 aromatic rings. The lowest BCUT2D eigenvalue weighted by molar-refractivity contribution is 1.07. The van der Waals surface area contributed by atoms with Crippen molar-refractivity contribution in [1.29, 1.82) is 0 Å². The Morgan fingerprint density at radius 3 is 2.71 bits per heavy atom. The summed E-state index contributed by atoms with van der Waals surface area (Å²) in [6, 6.07) is 11.9. The number of hydrogen-bond acceptors (Lipinski definition) is 2. The predicted molar refractivity (Wildman–Crippen MR) is 73.9 cm³/mol. The molecule has 17 heavy (non-hydrogen) atoms. The van der Waals surface area contributed by atoms with Gasteiger partial charge < -0.3 is 15.2 Å². The molecule has 0 aliphatic heterocycles. The van der Waals surface area contributed by atoms with E-state index in [2.05, 4.69) is 16.4 Å². The van der Waals surface area contributed by atoms with Crippen LogP contribution in [0, 0.1) is 0 Å². The van der Waals surface area contributed by atoms with Gasteiger partial charge in [-0.15, -0.1) is 0 Å². The first-order valence-corrected chi connectivity index (χ1v) is 5.87. The van der Waals surface area contributed by atoms with Crippen molar-refractivity contribution in [2.24, 2.45) is 0 Å². The lowest BCUT2D eigenvalue weighted by Gasteiger charge is -2.09. The molecule has 0 atom stereocenters. The zero-order valence-corrected chi connectivity index (χ0v) is 10.8. The fourth-order valence-corrected chi connectivity index (χ4v) is 1.80. The predicted octanol–water partition coefficient (Wildman–Crippen LogP) is 3.35. The van der Waals surface area contributed by atoms with Gasteiger partial charge >= 0.3 is 0 Å². The van der Waals surface area contributed by atoms with E-state index in [-0.39, 0.29) is 0 Å². The molecule has 0 aliphatic carbocycles. The third-order valence-electron chi connectivity index (χ3n) is 2.52. The highest BCUT2D eigenvalue weighted by Crippen LogP contribution is 2.16. The molecular weight excluding hydrogens is 234 g/mol. The van der Waals surface area contributed by atoms with E-state index in [9.17, 15) is 0 Å². The standard InChI is InChI=1S/C13H16ClN3/c1-17(2)13-7-6-12(16-13)15-9-10-4-3-5-11(14)8-10/h3-8,15-16H,9H2,1-2H3. The van der Waals surface area contributed by atoms with Crippen molar-refractivity contribution in [3.8, 4) is 0 Å². The van der Waals surface area contributed by atoms with Crippen LogP contribution in [-0.2, 0) is 6.54 Å². The Morgan fingerprint density at radius 2 is 2.06 bits per heavy atom. The van der Waals surface area contributed by atoms with E-state index in [4.69, 9.17) is 11.6 Å². The second-order valence-electron chi connectivity index (χ2n) is 4.14. The Bertz CT molecular complexity index is 491. The average Bonchev–Trinajstić information content (AvgIpc) is 2.75. The molecule has 0 unspecified atom stereocenters. The zero-order valence-electron chi connectivity index (χ0n) is 10.00. The van der Waals surface area contributed by atoms with E-state index in [1.54, 1.807) is 0 Å². The van der Waals surface area contributed by atoms with Crippen LogP contribution in [0.2, 0.25) is 5.02 Å². The lowest BCUT2D eigenvalue weighted by atomic mass is 10.2. The van der Waals surface area contributed by atoms with Crippen LogP contribution in [0.3, 0.4) is 0 Å². The number of nitrogens with one attached hydrogen (secondary N) is 2. The first-order chi connectivity index (χ1) is 8.15. The van der Waals surface area contributed by atoms with Crippen molar-refractivity contribution in [2.45, 2.75) is 6.54 Å². The molecule has 0 saturated heterocycles. The third kappa shape index (κ3) is 3.17. The van der Waals surface area contributed by atoms with Crippen molar-refractivity contribution in [3.05, 3.63) is 47.0 Å². The molecule has 0 saturated carbocycles. The van der Waals surface area contributed by atoms with E-state index in [1.165, 1.54) is 5.56 Å². The van der Waals surface area contributed by atoms with E-state index in [1.807, 2.05) is 49.3 Å². The minimum atomic E-state index is 0.758. The average molecular weight is 250 g/mol. The molecule has 0 fully saturated rings. The van der Waals surface area contributed by atoms with Crippen LogP contribution in [0.5, 0.6) is 0 Å². The summed E-state index contributed by atoms with van der Waals surface area (Å²) in [6.45, 7) is 0.758. The van der Waals surface area contributed by atoms with Crippen LogP contribution in [-0.4, -0.2) is 19.1 Å². The van der Waals surface area contributed by atoms with Crippen molar-refractivity contribution in [1.82, 2.24) is 4.98 Å². The first kappa shape index (κ1) is 11.9. The number of benzene rings is 1. The highest BCUT2D eigenvalue weighted by molar-refractivity contribution is 6.30. The molecule has 0 amide bonds. The van der Waals surface area contributed by atoms with Gasteiger partial charge in [0.2, 0.25) is 0 Å². The van der Waals surface area contributed by atoms with Crippen LogP contribution in [0.4, 0.5) is 11.6 Å². The van der Waals surface area contributed by atoms with Gasteiger partial charge in [0.05, 0.1) is 0 Å². The van der Waals surface area contributed by atoms with E-state index < -0.39 is 0 Å². The first-order valence-electron chi connectivity index (χ1n) is 5.50. The SMILES string of the molecule is CN(C)c1ccc(NCc2cccc(Cl)c2)[nH]1. The summed E-state index contributed by atoms with van der Waals surface area (Å²) in [5, 5.41) is 4.09. The maximum absolute atomic E-state index is 5.93. The Balaban J connectivity index is 1.97. The van der Waals surface area contributed by atoms with Crippen LogP contribution in [0.25, 0.3) is 0 Å². The van der Waals surface area contributed by atoms with Gasteiger partial charge in [-0.05, 0) is 29.8 Å².